The smallest absolute Gasteiger partial charge is 0.303 e. The zero-order valence-corrected chi connectivity index (χ0v) is 15.9. The minimum Gasteiger partial charge on any atom is -0.481 e. The number of aryl methyl sites for hydroxylation is 1. The summed E-state index contributed by atoms with van der Waals surface area (Å²) < 4.78 is 2.99. The van der Waals surface area contributed by atoms with E-state index < -0.39 is 5.97 Å². The van der Waals surface area contributed by atoms with E-state index in [1.54, 1.807) is 35.9 Å². The average Bonchev–Trinajstić information content (AvgIpc) is 2.97. The van der Waals surface area contributed by atoms with E-state index in [1.165, 1.54) is 4.57 Å². The largest absolute Gasteiger partial charge is 0.481 e. The second kappa shape index (κ2) is 7.81. The van der Waals surface area contributed by atoms with Crippen LogP contribution in [-0.2, 0) is 18.4 Å². The number of nitrogens with one attached hydrogen (secondary N) is 1. The van der Waals surface area contributed by atoms with Crippen molar-refractivity contribution < 1.29 is 9.90 Å². The molecule has 0 aliphatic carbocycles. The third-order valence-electron chi connectivity index (χ3n) is 4.41. The van der Waals surface area contributed by atoms with Gasteiger partial charge in [-0.25, -0.2) is 4.98 Å². The number of carbonyl (C=O) groups is 1. The molecule has 28 heavy (non-hydrogen) atoms. The van der Waals surface area contributed by atoms with Crippen LogP contribution in [0, 0.1) is 5.41 Å². The summed E-state index contributed by atoms with van der Waals surface area (Å²) in [7, 11) is 1.74. The lowest BCUT2D eigenvalue weighted by molar-refractivity contribution is -0.137. The van der Waals surface area contributed by atoms with Gasteiger partial charge in [0.1, 0.15) is 11.7 Å². The molecule has 0 atom stereocenters. The topological polar surface area (TPSA) is 140 Å². The first kappa shape index (κ1) is 19.6. The van der Waals surface area contributed by atoms with E-state index in [-0.39, 0.29) is 35.2 Å². The molecule has 0 saturated heterocycles. The lowest BCUT2D eigenvalue weighted by Crippen LogP contribution is -2.22. The molecule has 0 radical (unpaired) electrons. The predicted molar refractivity (Wildman–Crippen MR) is 106 cm³/mol. The van der Waals surface area contributed by atoms with Crippen molar-refractivity contribution >= 4 is 34.6 Å². The van der Waals surface area contributed by atoms with Crippen molar-refractivity contribution in [2.45, 2.75) is 25.8 Å². The Morgan fingerprint density at radius 3 is 2.54 bits per heavy atom. The number of halogens is 1. The molecule has 3 rings (SSSR count). The Bertz CT molecular complexity index is 1120. The third-order valence-corrected chi connectivity index (χ3v) is 4.70. The molecule has 9 nitrogen and oxygen atoms in total. The number of benzene rings is 1. The van der Waals surface area contributed by atoms with Crippen LogP contribution in [0.5, 0.6) is 0 Å². The first-order chi connectivity index (χ1) is 13.3. The molecule has 0 saturated carbocycles. The molecule has 0 amide bonds. The SMILES string of the molecule is Cn1c(-c2ccc(C(=N)N)cc2)nc2c(=O)n(CCCCC(=O)O)c(Cl)nc21. The molecule has 0 bridgehead atoms. The minimum atomic E-state index is -0.878. The van der Waals surface area contributed by atoms with Crippen molar-refractivity contribution in [3.8, 4) is 11.4 Å². The summed E-state index contributed by atoms with van der Waals surface area (Å²) in [5, 5.41) is 16.2. The van der Waals surface area contributed by atoms with Crippen LogP contribution < -0.4 is 11.3 Å². The molecule has 0 aliphatic rings. The molecule has 0 spiro atoms. The number of imidazole rings is 1. The third kappa shape index (κ3) is 3.74. The summed E-state index contributed by atoms with van der Waals surface area (Å²) in [6, 6.07) is 6.95. The zero-order valence-electron chi connectivity index (χ0n) is 15.1. The maximum Gasteiger partial charge on any atom is 0.303 e. The Morgan fingerprint density at radius 2 is 1.93 bits per heavy atom. The number of nitrogens with zero attached hydrogens (tertiary/aromatic N) is 4. The number of nitrogen functional groups attached to an aromatic ring is 1. The van der Waals surface area contributed by atoms with Crippen molar-refractivity contribution in [2.24, 2.45) is 12.8 Å². The van der Waals surface area contributed by atoms with Crippen LogP contribution in [0.25, 0.3) is 22.6 Å². The summed E-state index contributed by atoms with van der Waals surface area (Å²) >= 11 is 6.19. The van der Waals surface area contributed by atoms with Crippen molar-refractivity contribution in [1.82, 2.24) is 19.1 Å². The number of hydrogen-bond donors (Lipinski definition) is 3. The lowest BCUT2D eigenvalue weighted by Gasteiger charge is -2.07. The average molecular weight is 403 g/mol. The Morgan fingerprint density at radius 1 is 1.25 bits per heavy atom. The number of aliphatic carboxylic acids is 1. The Hall–Kier alpha value is -3.20. The van der Waals surface area contributed by atoms with Gasteiger partial charge in [-0.2, -0.15) is 4.98 Å². The standard InChI is InChI=1S/C18H19ClN6O3/c1-24-15(11-7-5-10(6-8-11)14(20)21)22-13-16(24)23-18(19)25(17(13)28)9-3-2-4-12(26)27/h5-8H,2-4,9H2,1H3,(H3,20,21)(H,26,27). The van der Waals surface area contributed by atoms with Crippen LogP contribution in [0.1, 0.15) is 24.8 Å². The monoisotopic (exact) mass is 402 g/mol. The highest BCUT2D eigenvalue weighted by atomic mass is 35.5. The Balaban J connectivity index is 1.98. The van der Waals surface area contributed by atoms with Gasteiger partial charge >= 0.3 is 5.97 Å². The first-order valence-corrected chi connectivity index (χ1v) is 8.96. The number of aromatic nitrogens is 4. The Labute approximate surface area is 164 Å². The second-order valence-electron chi connectivity index (χ2n) is 6.35. The number of fused-ring (bicyclic) bond motifs is 1. The van der Waals surface area contributed by atoms with Gasteiger partial charge in [-0.1, -0.05) is 24.3 Å². The number of hydrogen-bond acceptors (Lipinski definition) is 5. The van der Waals surface area contributed by atoms with Crippen LogP contribution in [0.2, 0.25) is 5.28 Å². The molecule has 146 valence electrons. The van der Waals surface area contributed by atoms with E-state index in [0.29, 0.717) is 29.9 Å². The molecule has 0 aliphatic heterocycles. The first-order valence-electron chi connectivity index (χ1n) is 8.59. The zero-order chi connectivity index (χ0) is 20.4. The predicted octanol–water partition coefficient (Wildman–Crippen LogP) is 1.99. The normalized spacial score (nSPS) is 11.1. The summed E-state index contributed by atoms with van der Waals surface area (Å²) in [5.41, 5.74) is 7.00. The van der Waals surface area contributed by atoms with E-state index >= 15 is 0 Å². The van der Waals surface area contributed by atoms with Crippen molar-refractivity contribution in [1.29, 1.82) is 5.41 Å². The minimum absolute atomic E-state index is 0.0317. The molecular formula is C18H19ClN6O3. The van der Waals surface area contributed by atoms with Crippen molar-refractivity contribution in [3.05, 3.63) is 45.5 Å². The highest BCUT2D eigenvalue weighted by Gasteiger charge is 2.18. The van der Waals surface area contributed by atoms with Crippen LogP contribution in [-0.4, -0.2) is 36.0 Å². The van der Waals surface area contributed by atoms with Gasteiger partial charge in [0, 0.05) is 31.1 Å². The van der Waals surface area contributed by atoms with Crippen molar-refractivity contribution in [3.63, 3.8) is 0 Å². The van der Waals surface area contributed by atoms with Gasteiger partial charge < -0.3 is 15.4 Å². The summed E-state index contributed by atoms with van der Waals surface area (Å²) in [5.74, 6) is -0.373. The molecule has 2 heterocycles. The molecular weight excluding hydrogens is 384 g/mol. The molecule has 1 aromatic carbocycles. The molecule has 3 aromatic rings. The second-order valence-corrected chi connectivity index (χ2v) is 6.68. The number of carboxylic acid groups (broad SMARTS) is 1. The van der Waals surface area contributed by atoms with Crippen LogP contribution in [0.15, 0.2) is 29.1 Å². The molecule has 10 heteroatoms. The van der Waals surface area contributed by atoms with E-state index in [9.17, 15) is 9.59 Å². The van der Waals surface area contributed by atoms with Crippen LogP contribution >= 0.6 is 11.6 Å². The fourth-order valence-corrected chi connectivity index (χ4v) is 3.16. The van der Waals surface area contributed by atoms with E-state index in [1.807, 2.05) is 0 Å². The number of amidine groups is 1. The van der Waals surface area contributed by atoms with Gasteiger partial charge in [0.25, 0.3) is 5.56 Å². The number of carboxylic acids is 1. The van der Waals surface area contributed by atoms with Gasteiger partial charge in [0.05, 0.1) is 0 Å². The number of rotatable bonds is 7. The fraction of sp³-hybridized carbons (Fsp3) is 0.278. The highest BCUT2D eigenvalue weighted by molar-refractivity contribution is 6.28. The molecule has 0 unspecified atom stereocenters. The fourth-order valence-electron chi connectivity index (χ4n) is 2.92. The lowest BCUT2D eigenvalue weighted by atomic mass is 10.1. The van der Waals surface area contributed by atoms with Crippen LogP contribution in [0.4, 0.5) is 0 Å². The quantitative estimate of drug-likeness (QED) is 0.239. The van der Waals surface area contributed by atoms with Gasteiger partial charge in [-0.3, -0.25) is 19.6 Å². The highest BCUT2D eigenvalue weighted by Crippen LogP contribution is 2.22. The van der Waals surface area contributed by atoms with Gasteiger partial charge in [-0.05, 0) is 24.4 Å². The summed E-state index contributed by atoms with van der Waals surface area (Å²) in [4.78, 5) is 32.2. The van der Waals surface area contributed by atoms with Gasteiger partial charge in [0.15, 0.2) is 11.2 Å². The number of nitrogens with two attached hydrogens (primary N) is 1. The molecule has 0 fully saturated rings. The van der Waals surface area contributed by atoms with E-state index in [4.69, 9.17) is 27.9 Å². The molecule has 4 N–H and O–H groups in total. The summed E-state index contributed by atoms with van der Waals surface area (Å²) in [6.07, 6.45) is 0.962. The van der Waals surface area contributed by atoms with Gasteiger partial charge in [-0.15, -0.1) is 0 Å². The number of unbranched alkanes of at least 4 members (excludes halogenated alkanes) is 1. The Kier molecular flexibility index (Phi) is 5.46. The van der Waals surface area contributed by atoms with E-state index in [2.05, 4.69) is 9.97 Å². The summed E-state index contributed by atoms with van der Waals surface area (Å²) in [6.45, 7) is 0.271. The van der Waals surface area contributed by atoms with E-state index in [0.717, 1.165) is 5.56 Å². The van der Waals surface area contributed by atoms with Gasteiger partial charge in [0.2, 0.25) is 5.28 Å². The maximum atomic E-state index is 12.8. The van der Waals surface area contributed by atoms with Crippen LogP contribution in [0.3, 0.4) is 0 Å². The maximum absolute atomic E-state index is 12.8. The molecule has 2 aromatic heterocycles. The van der Waals surface area contributed by atoms with Crippen molar-refractivity contribution in [2.75, 3.05) is 0 Å².